The van der Waals surface area contributed by atoms with E-state index in [1.165, 1.54) is 4.90 Å². The molecule has 1 amide bonds. The average molecular weight is 295 g/mol. The molecule has 4 heteroatoms. The molecule has 1 aliphatic heterocycles. The van der Waals surface area contributed by atoms with Crippen LogP contribution in [-0.2, 0) is 4.79 Å². The monoisotopic (exact) mass is 295 g/mol. The van der Waals surface area contributed by atoms with Crippen LogP contribution < -0.4 is 4.74 Å². The molecule has 3 nitrogen and oxygen atoms in total. The summed E-state index contributed by atoms with van der Waals surface area (Å²) in [6.07, 6.45) is 2.39. The maximum Gasteiger partial charge on any atom is 0.219 e. The highest BCUT2D eigenvalue weighted by Crippen LogP contribution is 2.56. The molecule has 0 aromatic heterocycles. The van der Waals surface area contributed by atoms with Crippen molar-refractivity contribution in [2.75, 3.05) is 24.9 Å². The molecular formula is C16H25NO2S. The van der Waals surface area contributed by atoms with Gasteiger partial charge in [-0.1, -0.05) is 0 Å². The molecule has 1 aromatic carbocycles. The van der Waals surface area contributed by atoms with Gasteiger partial charge in [0.15, 0.2) is 0 Å². The number of amides is 1. The Kier molecular flexibility index (Phi) is 4.33. The number of nitrogens with zero attached hydrogens (tertiary/aromatic N) is 1. The van der Waals surface area contributed by atoms with Gasteiger partial charge in [0, 0.05) is 30.5 Å². The third-order valence-electron chi connectivity index (χ3n) is 4.16. The predicted octanol–water partition coefficient (Wildman–Crippen LogP) is 3.13. The van der Waals surface area contributed by atoms with Gasteiger partial charge in [0.1, 0.15) is 5.75 Å². The van der Waals surface area contributed by atoms with Crippen molar-refractivity contribution in [2.24, 2.45) is 0 Å². The van der Waals surface area contributed by atoms with E-state index in [1.807, 2.05) is 17.0 Å². The van der Waals surface area contributed by atoms with E-state index < -0.39 is 10.0 Å². The van der Waals surface area contributed by atoms with Crippen LogP contribution in [0.25, 0.3) is 0 Å². The maximum absolute atomic E-state index is 11.8. The molecule has 1 aromatic rings. The van der Waals surface area contributed by atoms with Crippen molar-refractivity contribution in [1.29, 1.82) is 0 Å². The highest BCUT2D eigenvalue weighted by Gasteiger charge is 2.37. The molecule has 2 unspecified atom stereocenters. The van der Waals surface area contributed by atoms with E-state index in [4.69, 9.17) is 4.74 Å². The van der Waals surface area contributed by atoms with E-state index in [9.17, 15) is 4.79 Å². The van der Waals surface area contributed by atoms with Crippen LogP contribution in [0.3, 0.4) is 0 Å². The molecule has 0 N–H and O–H groups in total. The molecule has 112 valence electrons. The molecule has 1 heterocycles. The van der Waals surface area contributed by atoms with Crippen LogP contribution in [0.2, 0.25) is 0 Å². The molecule has 2 atom stereocenters. The van der Waals surface area contributed by atoms with E-state index in [2.05, 4.69) is 32.2 Å². The second kappa shape index (κ2) is 5.68. The first-order valence-electron chi connectivity index (χ1n) is 7.04. The van der Waals surface area contributed by atoms with Crippen molar-refractivity contribution in [2.45, 2.75) is 37.8 Å². The fourth-order valence-electron chi connectivity index (χ4n) is 3.45. The van der Waals surface area contributed by atoms with E-state index >= 15 is 0 Å². The van der Waals surface area contributed by atoms with Crippen molar-refractivity contribution >= 4 is 15.9 Å². The Hall–Kier alpha value is -1.16. The number of benzene rings is 1. The summed E-state index contributed by atoms with van der Waals surface area (Å²) < 4.78 is 5.24. The maximum atomic E-state index is 11.8. The van der Waals surface area contributed by atoms with E-state index in [0.717, 1.165) is 17.3 Å². The molecule has 20 heavy (non-hydrogen) atoms. The summed E-state index contributed by atoms with van der Waals surface area (Å²) in [6, 6.07) is 9.10. The Balaban J connectivity index is 2.25. The molecular weight excluding hydrogens is 270 g/mol. The summed E-state index contributed by atoms with van der Waals surface area (Å²) in [5.41, 5.74) is 0. The molecule has 0 saturated carbocycles. The van der Waals surface area contributed by atoms with Gasteiger partial charge in [-0.25, -0.2) is 10.0 Å². The van der Waals surface area contributed by atoms with Gasteiger partial charge in [0.2, 0.25) is 5.91 Å². The zero-order valence-electron chi connectivity index (χ0n) is 13.1. The highest BCUT2D eigenvalue weighted by molar-refractivity contribution is 8.33. The normalized spacial score (nSPS) is 33.4. The SMILES string of the molecule is COc1ccc(S2(C)CC(C)N(C(C)=O)C(C)C2)cc1. The standard InChI is InChI=1S/C16H25NO2S/c1-12-10-20(5,11-13(2)17(12)14(3)18)16-8-6-15(19-4)7-9-16/h6-9,12-13H,10-11H2,1-5H3. The summed E-state index contributed by atoms with van der Waals surface area (Å²) >= 11 is 0. The predicted molar refractivity (Wildman–Crippen MR) is 86.0 cm³/mol. The van der Waals surface area contributed by atoms with Gasteiger partial charge in [-0.15, -0.1) is 0 Å². The molecule has 0 spiro atoms. The van der Waals surface area contributed by atoms with Gasteiger partial charge in [0.05, 0.1) is 7.11 Å². The number of hydrogen-bond donors (Lipinski definition) is 0. The zero-order valence-corrected chi connectivity index (χ0v) is 13.9. The fraction of sp³-hybridized carbons (Fsp3) is 0.562. The van der Waals surface area contributed by atoms with Gasteiger partial charge in [-0.2, -0.15) is 0 Å². The summed E-state index contributed by atoms with van der Waals surface area (Å²) in [5, 5.41) is 0. The second-order valence-corrected chi connectivity index (χ2v) is 9.59. The smallest absolute Gasteiger partial charge is 0.219 e. The summed E-state index contributed by atoms with van der Waals surface area (Å²) in [5.74, 6) is 3.27. The van der Waals surface area contributed by atoms with Crippen LogP contribution in [0.4, 0.5) is 0 Å². The minimum Gasteiger partial charge on any atom is -0.497 e. The lowest BCUT2D eigenvalue weighted by molar-refractivity contribution is -0.132. The van der Waals surface area contributed by atoms with Crippen molar-refractivity contribution in [3.8, 4) is 5.75 Å². The number of carbonyl (C=O) groups is 1. The average Bonchev–Trinajstić information content (AvgIpc) is 2.37. The zero-order chi connectivity index (χ0) is 14.9. The summed E-state index contributed by atoms with van der Waals surface area (Å²) in [6.45, 7) is 6.02. The topological polar surface area (TPSA) is 29.5 Å². The van der Waals surface area contributed by atoms with Crippen LogP contribution >= 0.6 is 10.0 Å². The first kappa shape index (κ1) is 15.2. The minimum absolute atomic E-state index is 0.196. The van der Waals surface area contributed by atoms with Gasteiger partial charge >= 0.3 is 0 Å². The molecule has 0 radical (unpaired) electrons. The lowest BCUT2D eigenvalue weighted by Gasteiger charge is -2.51. The van der Waals surface area contributed by atoms with Crippen molar-refractivity contribution in [1.82, 2.24) is 4.90 Å². The van der Waals surface area contributed by atoms with Crippen LogP contribution in [0.15, 0.2) is 29.2 Å². The van der Waals surface area contributed by atoms with Crippen molar-refractivity contribution in [3.05, 3.63) is 24.3 Å². The Bertz CT molecular complexity index is 474. The Morgan fingerprint density at radius 3 is 2.10 bits per heavy atom. The molecule has 0 aliphatic carbocycles. The van der Waals surface area contributed by atoms with E-state index in [0.29, 0.717) is 12.1 Å². The third-order valence-corrected chi connectivity index (χ3v) is 8.01. The summed E-state index contributed by atoms with van der Waals surface area (Å²) in [7, 11) is 0.835. The van der Waals surface area contributed by atoms with Gasteiger partial charge in [-0.3, -0.25) is 4.79 Å². The van der Waals surface area contributed by atoms with Gasteiger partial charge < -0.3 is 9.64 Å². The van der Waals surface area contributed by atoms with Crippen LogP contribution in [-0.4, -0.2) is 47.8 Å². The van der Waals surface area contributed by atoms with Crippen LogP contribution in [0.5, 0.6) is 5.75 Å². The summed E-state index contributed by atoms with van der Waals surface area (Å²) in [4.78, 5) is 15.2. The molecule has 1 fully saturated rings. The largest absolute Gasteiger partial charge is 0.497 e. The number of hydrogen-bond acceptors (Lipinski definition) is 2. The third kappa shape index (κ3) is 2.80. The number of rotatable bonds is 2. The molecule has 1 aliphatic rings. The lowest BCUT2D eigenvalue weighted by atomic mass is 10.2. The van der Waals surface area contributed by atoms with Crippen LogP contribution in [0.1, 0.15) is 20.8 Å². The Labute approximate surface area is 123 Å². The van der Waals surface area contributed by atoms with Crippen molar-refractivity contribution in [3.63, 3.8) is 0 Å². The van der Waals surface area contributed by atoms with E-state index in [-0.39, 0.29) is 5.91 Å². The molecule has 0 bridgehead atoms. The fourth-order valence-corrected chi connectivity index (χ4v) is 7.21. The number of methoxy groups -OCH3 is 1. The number of ether oxygens (including phenoxy) is 1. The lowest BCUT2D eigenvalue weighted by Crippen LogP contribution is -2.52. The Morgan fingerprint density at radius 2 is 1.70 bits per heavy atom. The molecule has 1 saturated heterocycles. The van der Waals surface area contributed by atoms with Gasteiger partial charge in [0.25, 0.3) is 0 Å². The molecule has 2 rings (SSSR count). The number of carbonyl (C=O) groups excluding carboxylic acids is 1. The first-order valence-corrected chi connectivity index (χ1v) is 9.42. The van der Waals surface area contributed by atoms with E-state index in [1.54, 1.807) is 14.0 Å². The van der Waals surface area contributed by atoms with Gasteiger partial charge in [-0.05, 0) is 49.3 Å². The highest BCUT2D eigenvalue weighted by atomic mass is 32.3. The Morgan fingerprint density at radius 1 is 1.20 bits per heavy atom. The minimum atomic E-state index is -0.858. The van der Waals surface area contributed by atoms with Crippen LogP contribution in [0, 0.1) is 0 Å². The second-order valence-electron chi connectivity index (χ2n) is 5.91. The first-order chi connectivity index (χ1) is 9.37. The van der Waals surface area contributed by atoms with Crippen molar-refractivity contribution < 1.29 is 9.53 Å². The quantitative estimate of drug-likeness (QED) is 0.839.